The highest BCUT2D eigenvalue weighted by molar-refractivity contribution is 7.22. The maximum Gasteiger partial charge on any atom is 0.226 e. The smallest absolute Gasteiger partial charge is 0.226 e. The first-order chi connectivity index (χ1) is 13.5. The molecule has 1 aromatic heterocycles. The molecule has 1 fully saturated rings. The maximum atomic E-state index is 11.9. The summed E-state index contributed by atoms with van der Waals surface area (Å²) in [5.41, 5.74) is 13.5. The molecule has 1 amide bonds. The van der Waals surface area contributed by atoms with Crippen LogP contribution in [-0.4, -0.2) is 28.5 Å². The normalized spacial score (nSPS) is 18.8. The maximum absolute atomic E-state index is 11.9. The molecule has 0 saturated heterocycles. The molecular formula is C19H25N7OS. The lowest BCUT2D eigenvalue weighted by molar-refractivity contribution is -0.116. The molecule has 0 bridgehead atoms. The number of amides is 1. The van der Waals surface area contributed by atoms with Gasteiger partial charge in [0.15, 0.2) is 5.13 Å². The monoisotopic (exact) mass is 399 g/mol. The van der Waals surface area contributed by atoms with Crippen molar-refractivity contribution >= 4 is 50.2 Å². The molecule has 148 valence electrons. The minimum Gasteiger partial charge on any atom is -0.369 e. The fourth-order valence-corrected chi connectivity index (χ4v) is 4.92. The zero-order chi connectivity index (χ0) is 19.7. The Morgan fingerprint density at radius 2 is 2.07 bits per heavy atom. The van der Waals surface area contributed by atoms with Crippen LogP contribution in [0.5, 0.6) is 0 Å². The van der Waals surface area contributed by atoms with E-state index in [-0.39, 0.29) is 11.9 Å². The molecule has 2 heterocycles. The minimum atomic E-state index is -0.468. The molecule has 4 rings (SSSR count). The van der Waals surface area contributed by atoms with Gasteiger partial charge in [0.2, 0.25) is 17.8 Å². The predicted octanol–water partition coefficient (Wildman–Crippen LogP) is 3.14. The first kappa shape index (κ1) is 18.7. The van der Waals surface area contributed by atoms with Crippen LogP contribution in [0.1, 0.15) is 51.9 Å². The van der Waals surface area contributed by atoms with Crippen molar-refractivity contribution in [3.63, 3.8) is 0 Å². The number of carbonyl (C=O) groups excluding carboxylic acids is 1. The standard InChI is InChI=1S/C19H25N7OS/c1-2-6-15(27)23-18-22-13-8-7-12(11-14(13)28-18)26-17(21)24-16(20)25-19(26)9-4-3-5-10-19/h7-8,11H,2-6,9-10H2,1H3,(H,22,23,27)(H4,20,21,24,25). The average Bonchev–Trinajstić information content (AvgIpc) is 3.03. The van der Waals surface area contributed by atoms with Crippen LogP contribution in [0.3, 0.4) is 0 Å². The van der Waals surface area contributed by atoms with E-state index in [1.54, 1.807) is 0 Å². The summed E-state index contributed by atoms with van der Waals surface area (Å²) in [6.07, 6.45) is 6.43. The Labute approximate surface area is 167 Å². The van der Waals surface area contributed by atoms with Crippen molar-refractivity contribution in [1.82, 2.24) is 4.98 Å². The zero-order valence-electron chi connectivity index (χ0n) is 15.9. The number of nitrogens with two attached hydrogens (primary N) is 2. The van der Waals surface area contributed by atoms with Crippen molar-refractivity contribution < 1.29 is 4.79 Å². The fraction of sp³-hybridized carbons (Fsp3) is 0.474. The van der Waals surface area contributed by atoms with Crippen LogP contribution in [0, 0.1) is 0 Å². The van der Waals surface area contributed by atoms with E-state index in [1.165, 1.54) is 17.8 Å². The van der Waals surface area contributed by atoms with E-state index < -0.39 is 5.66 Å². The zero-order valence-corrected chi connectivity index (χ0v) is 16.8. The summed E-state index contributed by atoms with van der Waals surface area (Å²) < 4.78 is 0.977. The van der Waals surface area contributed by atoms with E-state index >= 15 is 0 Å². The van der Waals surface area contributed by atoms with Crippen LogP contribution >= 0.6 is 11.3 Å². The van der Waals surface area contributed by atoms with Crippen molar-refractivity contribution in [3.05, 3.63) is 18.2 Å². The second-order valence-electron chi connectivity index (χ2n) is 7.29. The van der Waals surface area contributed by atoms with Gasteiger partial charge >= 0.3 is 0 Å². The van der Waals surface area contributed by atoms with Crippen molar-refractivity contribution in [2.45, 2.75) is 57.5 Å². The lowest BCUT2D eigenvalue weighted by Gasteiger charge is -2.45. The molecule has 1 aliphatic heterocycles. The van der Waals surface area contributed by atoms with E-state index in [1.807, 2.05) is 30.0 Å². The van der Waals surface area contributed by atoms with Crippen LogP contribution in [0.25, 0.3) is 10.2 Å². The van der Waals surface area contributed by atoms with Crippen LogP contribution < -0.4 is 21.7 Å². The van der Waals surface area contributed by atoms with E-state index in [0.717, 1.165) is 48.0 Å². The number of benzene rings is 1. The number of thiazole rings is 1. The molecule has 0 atom stereocenters. The van der Waals surface area contributed by atoms with Gasteiger partial charge < -0.3 is 16.8 Å². The summed E-state index contributed by atoms with van der Waals surface area (Å²) in [5, 5.41) is 3.48. The molecule has 1 aromatic carbocycles. The Morgan fingerprint density at radius 1 is 1.29 bits per heavy atom. The third-order valence-corrected chi connectivity index (χ3v) is 6.14. The quantitative estimate of drug-likeness (QED) is 0.729. The molecule has 5 N–H and O–H groups in total. The number of fused-ring (bicyclic) bond motifs is 1. The van der Waals surface area contributed by atoms with E-state index in [4.69, 9.17) is 16.5 Å². The lowest BCUT2D eigenvalue weighted by atomic mass is 9.87. The van der Waals surface area contributed by atoms with Gasteiger partial charge in [-0.1, -0.05) is 24.7 Å². The van der Waals surface area contributed by atoms with Crippen LogP contribution in [0.2, 0.25) is 0 Å². The summed E-state index contributed by atoms with van der Waals surface area (Å²) in [4.78, 5) is 27.3. The Balaban J connectivity index is 1.69. The largest absolute Gasteiger partial charge is 0.369 e. The number of hydrogen-bond acceptors (Lipinski definition) is 8. The van der Waals surface area contributed by atoms with Gasteiger partial charge in [-0.05, 0) is 50.3 Å². The molecule has 2 aromatic rings. The van der Waals surface area contributed by atoms with Gasteiger partial charge in [0.1, 0.15) is 5.66 Å². The highest BCUT2D eigenvalue weighted by Gasteiger charge is 2.42. The minimum absolute atomic E-state index is 0.0137. The molecule has 28 heavy (non-hydrogen) atoms. The molecule has 9 heteroatoms. The van der Waals surface area contributed by atoms with Gasteiger partial charge in [-0.25, -0.2) is 9.98 Å². The van der Waals surface area contributed by atoms with Gasteiger partial charge in [0.05, 0.1) is 10.2 Å². The van der Waals surface area contributed by atoms with Crippen molar-refractivity contribution in [2.75, 3.05) is 10.2 Å². The highest BCUT2D eigenvalue weighted by atomic mass is 32.1. The Kier molecular flexibility index (Phi) is 4.92. The first-order valence-corrected chi connectivity index (χ1v) is 10.5. The lowest BCUT2D eigenvalue weighted by Crippen LogP contribution is -2.58. The SMILES string of the molecule is CCCC(=O)Nc1nc2ccc(N3C(N)=NC(N)=NC34CCCCC4)cc2s1. The van der Waals surface area contributed by atoms with Gasteiger partial charge in [-0.2, -0.15) is 4.99 Å². The van der Waals surface area contributed by atoms with E-state index in [2.05, 4.69) is 15.3 Å². The van der Waals surface area contributed by atoms with Crippen LogP contribution in [0.15, 0.2) is 28.2 Å². The molecule has 1 saturated carbocycles. The third kappa shape index (κ3) is 3.42. The number of aromatic nitrogens is 1. The molecule has 0 radical (unpaired) electrons. The number of nitrogens with one attached hydrogen (secondary N) is 1. The number of guanidine groups is 2. The van der Waals surface area contributed by atoms with Crippen molar-refractivity contribution in [3.8, 4) is 0 Å². The summed E-state index contributed by atoms with van der Waals surface area (Å²) in [6, 6.07) is 5.97. The second-order valence-corrected chi connectivity index (χ2v) is 8.32. The predicted molar refractivity (Wildman–Crippen MR) is 115 cm³/mol. The molecule has 0 unspecified atom stereocenters. The van der Waals surface area contributed by atoms with Crippen LogP contribution in [-0.2, 0) is 4.79 Å². The molecular weight excluding hydrogens is 374 g/mol. The number of anilines is 2. The van der Waals surface area contributed by atoms with Crippen molar-refractivity contribution in [2.24, 2.45) is 21.5 Å². The summed E-state index contributed by atoms with van der Waals surface area (Å²) in [7, 11) is 0. The Bertz CT molecular complexity index is 958. The molecule has 1 spiro atoms. The first-order valence-electron chi connectivity index (χ1n) is 9.71. The number of carbonyl (C=O) groups is 1. The summed E-state index contributed by atoms with van der Waals surface area (Å²) >= 11 is 1.46. The topological polar surface area (TPSA) is 122 Å². The van der Waals surface area contributed by atoms with Gasteiger partial charge in [-0.15, -0.1) is 0 Å². The average molecular weight is 400 g/mol. The molecule has 8 nitrogen and oxygen atoms in total. The second kappa shape index (κ2) is 7.38. The summed E-state index contributed by atoms with van der Waals surface area (Å²) in [6.45, 7) is 1.98. The number of aliphatic imine (C=N–C) groups is 2. The Morgan fingerprint density at radius 3 is 2.82 bits per heavy atom. The molecule has 2 aliphatic rings. The number of nitrogens with zero attached hydrogens (tertiary/aromatic N) is 4. The van der Waals surface area contributed by atoms with Gasteiger partial charge in [0, 0.05) is 12.1 Å². The number of rotatable bonds is 4. The van der Waals surface area contributed by atoms with E-state index in [9.17, 15) is 4.79 Å². The van der Waals surface area contributed by atoms with E-state index in [0.29, 0.717) is 17.5 Å². The van der Waals surface area contributed by atoms with Crippen molar-refractivity contribution in [1.29, 1.82) is 0 Å². The van der Waals surface area contributed by atoms with Gasteiger partial charge in [-0.3, -0.25) is 9.69 Å². The fourth-order valence-electron chi connectivity index (χ4n) is 4.01. The summed E-state index contributed by atoms with van der Waals surface area (Å²) in [5.74, 6) is 0.602. The third-order valence-electron chi connectivity index (χ3n) is 5.21. The van der Waals surface area contributed by atoms with Gasteiger partial charge in [0.25, 0.3) is 0 Å². The van der Waals surface area contributed by atoms with Crippen LogP contribution in [0.4, 0.5) is 10.8 Å². The highest BCUT2D eigenvalue weighted by Crippen LogP contribution is 2.40. The molecule has 1 aliphatic carbocycles. The number of hydrogen-bond donors (Lipinski definition) is 3. The Hall–Kier alpha value is -2.68.